The number of hydrogen-bond donors (Lipinski definition) is 1. The first kappa shape index (κ1) is 10.2. The van der Waals surface area contributed by atoms with Crippen LogP contribution in [0, 0.1) is 5.92 Å². The van der Waals surface area contributed by atoms with Gasteiger partial charge in [-0.25, -0.2) is 0 Å². The van der Waals surface area contributed by atoms with E-state index in [2.05, 4.69) is 34.9 Å². The molecule has 0 saturated heterocycles. The minimum absolute atomic E-state index is 0.107. The number of aromatic nitrogens is 2. The first-order chi connectivity index (χ1) is 6.53. The van der Waals surface area contributed by atoms with Crippen LogP contribution in [-0.2, 0) is 12.1 Å². The molecule has 1 aliphatic rings. The lowest BCUT2D eigenvalue weighted by Crippen LogP contribution is -2.25. The maximum atomic E-state index is 6.20. The van der Waals surface area contributed by atoms with Gasteiger partial charge in [-0.1, -0.05) is 13.8 Å². The molecule has 14 heavy (non-hydrogen) atoms. The van der Waals surface area contributed by atoms with Crippen molar-refractivity contribution in [3.8, 4) is 0 Å². The Balaban J connectivity index is 2.32. The predicted octanol–water partition coefficient (Wildman–Crippen LogP) is 2.25. The van der Waals surface area contributed by atoms with Gasteiger partial charge in [0.15, 0.2) is 0 Å². The lowest BCUT2D eigenvalue weighted by atomic mass is 10.1. The molecule has 0 aliphatic heterocycles. The van der Waals surface area contributed by atoms with Gasteiger partial charge in [-0.05, 0) is 34.7 Å². The molecule has 1 aromatic heterocycles. The van der Waals surface area contributed by atoms with Crippen LogP contribution in [0.4, 0.5) is 0 Å². The Kier molecular flexibility index (Phi) is 2.43. The SMILES string of the molecule is CC(C)Cn1ncc(Br)c1C1(N)CC1. The average Bonchev–Trinajstić information content (AvgIpc) is 2.69. The third-order valence-electron chi connectivity index (χ3n) is 2.59. The largest absolute Gasteiger partial charge is 0.320 e. The van der Waals surface area contributed by atoms with E-state index in [1.54, 1.807) is 0 Å². The summed E-state index contributed by atoms with van der Waals surface area (Å²) in [6, 6.07) is 0. The maximum Gasteiger partial charge on any atom is 0.0725 e. The van der Waals surface area contributed by atoms with Gasteiger partial charge in [0.2, 0.25) is 0 Å². The quantitative estimate of drug-likeness (QED) is 0.903. The molecular formula is C10H16BrN3. The number of nitrogens with two attached hydrogens (primary N) is 1. The number of halogens is 1. The van der Waals surface area contributed by atoms with E-state index in [4.69, 9.17) is 5.73 Å². The summed E-state index contributed by atoms with van der Waals surface area (Å²) in [5.74, 6) is 0.600. The Morgan fingerprint density at radius 3 is 2.79 bits per heavy atom. The summed E-state index contributed by atoms with van der Waals surface area (Å²) in [4.78, 5) is 0. The van der Waals surface area contributed by atoms with Crippen LogP contribution < -0.4 is 5.73 Å². The van der Waals surface area contributed by atoms with Gasteiger partial charge in [-0.2, -0.15) is 5.10 Å². The molecular weight excluding hydrogens is 242 g/mol. The van der Waals surface area contributed by atoms with Crippen LogP contribution in [0.3, 0.4) is 0 Å². The van der Waals surface area contributed by atoms with Crippen molar-refractivity contribution in [1.29, 1.82) is 0 Å². The first-order valence-corrected chi connectivity index (χ1v) is 5.83. The van der Waals surface area contributed by atoms with E-state index in [0.717, 1.165) is 23.9 Å². The van der Waals surface area contributed by atoms with Crippen molar-refractivity contribution in [2.45, 2.75) is 38.8 Å². The average molecular weight is 258 g/mol. The molecule has 0 bridgehead atoms. The molecule has 0 spiro atoms. The summed E-state index contributed by atoms with van der Waals surface area (Å²) in [5, 5.41) is 4.35. The fraction of sp³-hybridized carbons (Fsp3) is 0.700. The van der Waals surface area contributed by atoms with Gasteiger partial charge < -0.3 is 5.73 Å². The van der Waals surface area contributed by atoms with Crippen molar-refractivity contribution in [2.75, 3.05) is 0 Å². The molecule has 1 aliphatic carbocycles. The van der Waals surface area contributed by atoms with E-state index < -0.39 is 0 Å². The molecule has 0 amide bonds. The van der Waals surface area contributed by atoms with Gasteiger partial charge in [-0.15, -0.1) is 0 Å². The van der Waals surface area contributed by atoms with Gasteiger partial charge >= 0.3 is 0 Å². The molecule has 1 heterocycles. The molecule has 4 heteroatoms. The Morgan fingerprint density at radius 2 is 2.29 bits per heavy atom. The highest BCUT2D eigenvalue weighted by Gasteiger charge is 2.44. The van der Waals surface area contributed by atoms with Gasteiger partial charge in [0.25, 0.3) is 0 Å². The van der Waals surface area contributed by atoms with E-state index >= 15 is 0 Å². The van der Waals surface area contributed by atoms with E-state index in [-0.39, 0.29) is 5.54 Å². The van der Waals surface area contributed by atoms with Crippen molar-refractivity contribution in [3.63, 3.8) is 0 Å². The second-order valence-electron chi connectivity index (χ2n) is 4.57. The second kappa shape index (κ2) is 3.35. The van der Waals surface area contributed by atoms with E-state index in [1.165, 1.54) is 5.69 Å². The van der Waals surface area contributed by atoms with Crippen molar-refractivity contribution >= 4 is 15.9 Å². The molecule has 0 unspecified atom stereocenters. The fourth-order valence-corrected chi connectivity index (χ4v) is 2.40. The molecule has 2 N–H and O–H groups in total. The van der Waals surface area contributed by atoms with Crippen LogP contribution in [0.5, 0.6) is 0 Å². The highest BCUT2D eigenvalue weighted by molar-refractivity contribution is 9.10. The molecule has 1 saturated carbocycles. The van der Waals surface area contributed by atoms with Crippen LogP contribution in [0.15, 0.2) is 10.7 Å². The minimum atomic E-state index is -0.107. The highest BCUT2D eigenvalue weighted by atomic mass is 79.9. The second-order valence-corrected chi connectivity index (χ2v) is 5.43. The van der Waals surface area contributed by atoms with Crippen molar-refractivity contribution in [1.82, 2.24) is 9.78 Å². The Labute approximate surface area is 92.8 Å². The number of rotatable bonds is 3. The third kappa shape index (κ3) is 1.73. The summed E-state index contributed by atoms with van der Waals surface area (Å²) in [5.41, 5.74) is 7.26. The van der Waals surface area contributed by atoms with Crippen molar-refractivity contribution in [2.24, 2.45) is 11.7 Å². The first-order valence-electron chi connectivity index (χ1n) is 5.03. The minimum Gasteiger partial charge on any atom is -0.320 e. The molecule has 3 nitrogen and oxygen atoms in total. The van der Waals surface area contributed by atoms with Gasteiger partial charge in [0.1, 0.15) is 0 Å². The smallest absolute Gasteiger partial charge is 0.0725 e. The molecule has 1 aromatic rings. The zero-order chi connectivity index (χ0) is 10.3. The monoisotopic (exact) mass is 257 g/mol. The fourth-order valence-electron chi connectivity index (χ4n) is 1.71. The molecule has 2 rings (SSSR count). The summed E-state index contributed by atoms with van der Waals surface area (Å²) in [6.45, 7) is 5.32. The van der Waals surface area contributed by atoms with Crippen LogP contribution in [0.25, 0.3) is 0 Å². The van der Waals surface area contributed by atoms with E-state index in [0.29, 0.717) is 5.92 Å². The Bertz CT molecular complexity index is 339. The van der Waals surface area contributed by atoms with Gasteiger partial charge in [0.05, 0.1) is 21.9 Å². The highest BCUT2D eigenvalue weighted by Crippen LogP contribution is 2.45. The Morgan fingerprint density at radius 1 is 1.64 bits per heavy atom. The summed E-state index contributed by atoms with van der Waals surface area (Å²) < 4.78 is 3.10. The lowest BCUT2D eigenvalue weighted by Gasteiger charge is -2.14. The lowest BCUT2D eigenvalue weighted by molar-refractivity contribution is 0.451. The standard InChI is InChI=1S/C10H16BrN3/c1-7(2)6-14-9(8(11)5-13-14)10(12)3-4-10/h5,7H,3-4,6,12H2,1-2H3. The van der Waals surface area contributed by atoms with Crippen molar-refractivity contribution in [3.05, 3.63) is 16.4 Å². The maximum absolute atomic E-state index is 6.20. The summed E-state index contributed by atoms with van der Waals surface area (Å²) >= 11 is 3.52. The molecule has 1 fully saturated rings. The zero-order valence-electron chi connectivity index (χ0n) is 8.63. The number of nitrogens with zero attached hydrogens (tertiary/aromatic N) is 2. The molecule has 0 radical (unpaired) electrons. The predicted molar refractivity (Wildman–Crippen MR) is 59.9 cm³/mol. The third-order valence-corrected chi connectivity index (χ3v) is 3.17. The van der Waals surface area contributed by atoms with Crippen LogP contribution in [0.2, 0.25) is 0 Å². The Hall–Kier alpha value is -0.350. The summed E-state index contributed by atoms with van der Waals surface area (Å²) in [7, 11) is 0. The van der Waals surface area contributed by atoms with Crippen molar-refractivity contribution < 1.29 is 0 Å². The molecule has 78 valence electrons. The normalized spacial score (nSPS) is 18.9. The summed E-state index contributed by atoms with van der Waals surface area (Å²) in [6.07, 6.45) is 4.01. The number of hydrogen-bond acceptors (Lipinski definition) is 2. The topological polar surface area (TPSA) is 43.8 Å². The van der Waals surface area contributed by atoms with Crippen LogP contribution >= 0.6 is 15.9 Å². The van der Waals surface area contributed by atoms with E-state index in [1.807, 2.05) is 10.9 Å². The molecule has 0 aromatic carbocycles. The van der Waals surface area contributed by atoms with Gasteiger partial charge in [0, 0.05) is 6.54 Å². The van der Waals surface area contributed by atoms with Crippen LogP contribution in [0.1, 0.15) is 32.4 Å². The van der Waals surface area contributed by atoms with Gasteiger partial charge in [-0.3, -0.25) is 4.68 Å². The molecule has 0 atom stereocenters. The van der Waals surface area contributed by atoms with E-state index in [9.17, 15) is 0 Å². The zero-order valence-corrected chi connectivity index (χ0v) is 10.2. The van der Waals surface area contributed by atoms with Crippen LogP contribution in [-0.4, -0.2) is 9.78 Å².